The Kier molecular flexibility index (Phi) is 7.01. The maximum absolute atomic E-state index is 13.3. The van der Waals surface area contributed by atoms with Crippen LogP contribution in [-0.4, -0.2) is 62.1 Å². The molecule has 2 aromatic rings. The van der Waals surface area contributed by atoms with Crippen LogP contribution >= 0.6 is 0 Å². The zero-order valence-electron chi connectivity index (χ0n) is 19.8. The smallest absolute Gasteiger partial charge is 0.330 e. The molecule has 1 aromatic carbocycles. The Bertz CT molecular complexity index is 1270. The van der Waals surface area contributed by atoms with E-state index < -0.39 is 27.4 Å². The Morgan fingerprint density at radius 2 is 1.85 bits per heavy atom. The average molecular weight is 493 g/mol. The van der Waals surface area contributed by atoms with Crippen LogP contribution in [-0.2, 0) is 16.6 Å². The van der Waals surface area contributed by atoms with Crippen molar-refractivity contribution in [2.24, 2.45) is 0 Å². The van der Waals surface area contributed by atoms with Crippen molar-refractivity contribution in [1.29, 1.82) is 0 Å². The van der Waals surface area contributed by atoms with E-state index in [2.05, 4.69) is 15.6 Å². The molecule has 2 aliphatic rings. The molecule has 1 unspecified atom stereocenters. The minimum absolute atomic E-state index is 0.166. The van der Waals surface area contributed by atoms with Crippen molar-refractivity contribution >= 4 is 21.5 Å². The number of rotatable bonds is 8. The van der Waals surface area contributed by atoms with Gasteiger partial charge < -0.3 is 20.3 Å². The monoisotopic (exact) mass is 492 g/mol. The predicted octanol–water partition coefficient (Wildman–Crippen LogP) is 0.890. The van der Waals surface area contributed by atoms with Crippen molar-refractivity contribution in [3.05, 3.63) is 44.6 Å². The lowest BCUT2D eigenvalue weighted by Gasteiger charge is -2.28. The van der Waals surface area contributed by atoms with Crippen LogP contribution in [0.1, 0.15) is 38.4 Å². The summed E-state index contributed by atoms with van der Waals surface area (Å²) >= 11 is 0. The number of nitrogens with zero attached hydrogens (tertiary/aromatic N) is 3. The highest BCUT2D eigenvalue weighted by Gasteiger charge is 2.36. The molecule has 0 radical (unpaired) electrons. The third-order valence-corrected chi connectivity index (χ3v) is 7.97. The van der Waals surface area contributed by atoms with Crippen LogP contribution in [0.3, 0.4) is 0 Å². The van der Waals surface area contributed by atoms with E-state index in [1.807, 2.05) is 13.8 Å². The van der Waals surface area contributed by atoms with Gasteiger partial charge in [-0.3, -0.25) is 14.3 Å². The van der Waals surface area contributed by atoms with E-state index >= 15 is 0 Å². The van der Waals surface area contributed by atoms with Gasteiger partial charge in [-0.2, -0.15) is 4.31 Å². The number of H-pyrrole nitrogens is 1. The fourth-order valence-electron chi connectivity index (χ4n) is 4.41. The Labute approximate surface area is 198 Å². The summed E-state index contributed by atoms with van der Waals surface area (Å²) in [6, 6.07) is 4.84. The van der Waals surface area contributed by atoms with Crippen molar-refractivity contribution in [2.45, 2.75) is 44.3 Å². The third kappa shape index (κ3) is 4.32. The van der Waals surface area contributed by atoms with E-state index in [9.17, 15) is 18.0 Å². The van der Waals surface area contributed by atoms with E-state index in [-0.39, 0.29) is 10.6 Å². The normalized spacial score (nSPS) is 18.6. The molecule has 186 valence electrons. The molecule has 1 atom stereocenters. The van der Waals surface area contributed by atoms with Gasteiger partial charge in [-0.15, -0.1) is 0 Å². The van der Waals surface area contributed by atoms with Crippen molar-refractivity contribution in [3.63, 3.8) is 0 Å². The molecule has 0 bridgehead atoms. The van der Waals surface area contributed by atoms with Gasteiger partial charge in [0.25, 0.3) is 5.56 Å². The molecule has 3 N–H and O–H groups in total. The van der Waals surface area contributed by atoms with Crippen molar-refractivity contribution in [2.75, 3.05) is 50.1 Å². The van der Waals surface area contributed by atoms with Crippen LogP contribution in [0.5, 0.6) is 5.75 Å². The molecule has 2 aliphatic heterocycles. The molecule has 1 fully saturated rings. The standard InChI is InChI=1S/C22H32N6O5S/c1-4-10-28-21-18(20(29)25-22(28)30)24-19(26(21)3)16-14-15(6-7-17(16)33-13-5-2)34(31,32)27-11-8-23-9-12-27/h6-7,14,19,23-24H,4-5,8-13H2,1-3H3,(H,25,29,30). The second kappa shape index (κ2) is 9.80. The van der Waals surface area contributed by atoms with Crippen LogP contribution in [0.25, 0.3) is 0 Å². The molecule has 3 heterocycles. The van der Waals surface area contributed by atoms with Gasteiger partial charge in [0.2, 0.25) is 10.0 Å². The zero-order chi connectivity index (χ0) is 24.5. The lowest BCUT2D eigenvalue weighted by Crippen LogP contribution is -2.46. The number of hydrogen-bond acceptors (Lipinski definition) is 8. The van der Waals surface area contributed by atoms with Crippen molar-refractivity contribution < 1.29 is 13.2 Å². The number of nitrogens with one attached hydrogen (secondary N) is 3. The van der Waals surface area contributed by atoms with Crippen LogP contribution in [0.15, 0.2) is 32.7 Å². The lowest BCUT2D eigenvalue weighted by molar-refractivity contribution is 0.312. The molecule has 11 nitrogen and oxygen atoms in total. The summed E-state index contributed by atoms with van der Waals surface area (Å²) in [5.74, 6) is 0.997. The second-order valence-corrected chi connectivity index (χ2v) is 10.4. The maximum atomic E-state index is 13.3. The maximum Gasteiger partial charge on any atom is 0.330 e. The predicted molar refractivity (Wildman–Crippen MR) is 130 cm³/mol. The van der Waals surface area contributed by atoms with Gasteiger partial charge in [0.05, 0.1) is 11.5 Å². The first-order valence-electron chi connectivity index (χ1n) is 11.6. The number of hydrogen-bond donors (Lipinski definition) is 3. The van der Waals surface area contributed by atoms with E-state index in [0.29, 0.717) is 62.9 Å². The Balaban J connectivity index is 1.80. The van der Waals surface area contributed by atoms with Gasteiger partial charge in [-0.1, -0.05) is 13.8 Å². The van der Waals surface area contributed by atoms with Crippen molar-refractivity contribution in [1.82, 2.24) is 19.2 Å². The van der Waals surface area contributed by atoms with Gasteiger partial charge >= 0.3 is 5.69 Å². The average Bonchev–Trinajstić information content (AvgIpc) is 3.18. The molecule has 0 aliphatic carbocycles. The van der Waals surface area contributed by atoms with E-state index in [0.717, 1.165) is 6.42 Å². The Hall–Kier alpha value is -2.83. The quantitative estimate of drug-likeness (QED) is 0.496. The summed E-state index contributed by atoms with van der Waals surface area (Å²) in [6.45, 7) is 6.84. The number of ether oxygens (including phenoxy) is 1. The molecular weight excluding hydrogens is 460 g/mol. The first-order valence-corrected chi connectivity index (χ1v) is 13.1. The van der Waals surface area contributed by atoms with Gasteiger partial charge in [-0.05, 0) is 31.0 Å². The van der Waals surface area contributed by atoms with Gasteiger partial charge in [-0.25, -0.2) is 13.2 Å². The second-order valence-electron chi connectivity index (χ2n) is 8.47. The number of aromatic nitrogens is 2. The van der Waals surface area contributed by atoms with E-state index in [1.54, 1.807) is 30.1 Å². The number of piperazine rings is 1. The van der Waals surface area contributed by atoms with Crippen LogP contribution < -0.4 is 31.5 Å². The van der Waals surface area contributed by atoms with Crippen LogP contribution in [0.2, 0.25) is 0 Å². The van der Waals surface area contributed by atoms with E-state index in [4.69, 9.17) is 4.74 Å². The van der Waals surface area contributed by atoms with Gasteiger partial charge in [0.15, 0.2) is 0 Å². The van der Waals surface area contributed by atoms with E-state index in [1.165, 1.54) is 8.87 Å². The molecule has 0 amide bonds. The number of fused-ring (bicyclic) bond motifs is 1. The van der Waals surface area contributed by atoms with Gasteiger partial charge in [0, 0.05) is 45.3 Å². The SMILES string of the molecule is CCCOc1ccc(S(=O)(=O)N2CCNCC2)cc1C1Nc2c(n(CCC)c(=O)[nH]c2=O)N1C. The summed E-state index contributed by atoms with van der Waals surface area (Å²) in [4.78, 5) is 29.4. The minimum Gasteiger partial charge on any atom is -0.493 e. The first-order chi connectivity index (χ1) is 16.3. The first kappa shape index (κ1) is 24.3. The molecule has 4 rings (SSSR count). The summed E-state index contributed by atoms with van der Waals surface area (Å²) < 4.78 is 35.6. The van der Waals surface area contributed by atoms with Crippen LogP contribution in [0.4, 0.5) is 11.5 Å². The highest BCUT2D eigenvalue weighted by Crippen LogP contribution is 2.41. The number of aromatic amines is 1. The molecule has 12 heteroatoms. The Morgan fingerprint density at radius 1 is 1.12 bits per heavy atom. The minimum atomic E-state index is -3.70. The van der Waals surface area contributed by atoms with Gasteiger partial charge in [0.1, 0.15) is 23.4 Å². The van der Waals surface area contributed by atoms with Crippen LogP contribution in [0, 0.1) is 0 Å². The highest BCUT2D eigenvalue weighted by molar-refractivity contribution is 7.89. The molecule has 34 heavy (non-hydrogen) atoms. The molecule has 1 saturated heterocycles. The van der Waals surface area contributed by atoms with Crippen molar-refractivity contribution in [3.8, 4) is 5.75 Å². The topological polar surface area (TPSA) is 129 Å². The molecule has 1 aromatic heterocycles. The molecule has 0 spiro atoms. The number of anilines is 2. The highest BCUT2D eigenvalue weighted by atomic mass is 32.2. The summed E-state index contributed by atoms with van der Waals surface area (Å²) in [5, 5.41) is 6.36. The summed E-state index contributed by atoms with van der Waals surface area (Å²) in [6.07, 6.45) is 0.899. The lowest BCUT2D eigenvalue weighted by atomic mass is 10.1. The summed E-state index contributed by atoms with van der Waals surface area (Å²) in [7, 11) is -1.93. The fraction of sp³-hybridized carbons (Fsp3) is 0.545. The molecular formula is C22H32N6O5S. The largest absolute Gasteiger partial charge is 0.493 e. The number of benzene rings is 1. The number of sulfonamides is 1. The molecule has 0 saturated carbocycles. The summed E-state index contributed by atoms with van der Waals surface area (Å²) in [5.41, 5.74) is -0.129. The fourth-order valence-corrected chi connectivity index (χ4v) is 5.89. The third-order valence-electron chi connectivity index (χ3n) is 6.07. The Morgan fingerprint density at radius 3 is 2.53 bits per heavy atom. The zero-order valence-corrected chi connectivity index (χ0v) is 20.6.